The number of halogens is 1. The minimum atomic E-state index is -0.842. The third kappa shape index (κ3) is 5.28. The van der Waals surface area contributed by atoms with Crippen molar-refractivity contribution in [3.05, 3.63) is 34.9 Å². The number of rotatable bonds is 6. The smallest absolute Gasteiger partial charge is 0.253 e. The quantitative estimate of drug-likeness (QED) is 0.648. The highest BCUT2D eigenvalue weighted by Gasteiger charge is 2.33. The van der Waals surface area contributed by atoms with Crippen LogP contribution in [-0.4, -0.2) is 65.3 Å². The Hall–Kier alpha value is -1.89. The number of aromatic nitrogens is 1. The fourth-order valence-corrected chi connectivity index (χ4v) is 5.65. The Balaban J connectivity index is 1.51. The van der Waals surface area contributed by atoms with Gasteiger partial charge in [-0.25, -0.2) is 4.98 Å². The van der Waals surface area contributed by atoms with Gasteiger partial charge in [-0.3, -0.25) is 9.69 Å². The second kappa shape index (κ2) is 9.77. The van der Waals surface area contributed by atoms with Crippen LogP contribution in [0.5, 0.6) is 0 Å². The lowest BCUT2D eigenvalue weighted by atomic mass is 9.79. The summed E-state index contributed by atoms with van der Waals surface area (Å²) in [6, 6.07) is 8.59. The van der Waals surface area contributed by atoms with Gasteiger partial charge in [-0.2, -0.15) is 0 Å². The topological polar surface area (TPSA) is 68.7 Å². The number of fused-ring (bicyclic) bond motifs is 1. The first-order valence-corrected chi connectivity index (χ1v) is 12.6. The second-order valence-electron chi connectivity index (χ2n) is 10.4. The van der Waals surface area contributed by atoms with Crippen molar-refractivity contribution >= 4 is 34.2 Å². The van der Waals surface area contributed by atoms with E-state index in [1.54, 1.807) is 6.07 Å². The molecule has 1 saturated carbocycles. The van der Waals surface area contributed by atoms with Crippen molar-refractivity contribution < 1.29 is 9.90 Å². The molecule has 0 radical (unpaired) electrons. The minimum absolute atomic E-state index is 0.243. The van der Waals surface area contributed by atoms with Crippen molar-refractivity contribution in [3.63, 3.8) is 0 Å². The zero-order valence-electron chi connectivity index (χ0n) is 20.3. The first-order valence-electron chi connectivity index (χ1n) is 12.2. The van der Waals surface area contributed by atoms with E-state index >= 15 is 0 Å². The predicted octanol–water partition coefficient (Wildman–Crippen LogP) is 4.48. The number of amides is 1. The van der Waals surface area contributed by atoms with Crippen molar-refractivity contribution in [1.29, 1.82) is 0 Å². The molecule has 1 amide bonds. The first kappa shape index (κ1) is 24.2. The van der Waals surface area contributed by atoms with Gasteiger partial charge in [0.15, 0.2) is 0 Å². The molecule has 1 aromatic heterocycles. The van der Waals surface area contributed by atoms with Crippen LogP contribution in [0.15, 0.2) is 24.3 Å². The van der Waals surface area contributed by atoms with Crippen LogP contribution in [0.2, 0.25) is 5.02 Å². The van der Waals surface area contributed by atoms with Crippen LogP contribution in [0.1, 0.15) is 63.2 Å². The fraction of sp³-hybridized carbons (Fsp3) is 0.615. The molecule has 7 heteroatoms. The monoisotopic (exact) mass is 472 g/mol. The Kier molecular flexibility index (Phi) is 7.18. The van der Waals surface area contributed by atoms with E-state index in [0.29, 0.717) is 41.4 Å². The molecule has 33 heavy (non-hydrogen) atoms. The normalized spacial score (nSPS) is 25.9. The maximum atomic E-state index is 13.1. The van der Waals surface area contributed by atoms with E-state index in [2.05, 4.69) is 42.9 Å². The van der Waals surface area contributed by atoms with Crippen LogP contribution in [0.4, 0.5) is 5.82 Å². The Morgan fingerprint density at radius 1 is 1.33 bits per heavy atom. The van der Waals surface area contributed by atoms with Crippen LogP contribution in [-0.2, 0) is 0 Å². The van der Waals surface area contributed by atoms with E-state index in [4.69, 9.17) is 16.6 Å². The maximum Gasteiger partial charge on any atom is 0.253 e. The summed E-state index contributed by atoms with van der Waals surface area (Å²) in [4.78, 5) is 22.7. The molecule has 0 bridgehead atoms. The molecule has 2 fully saturated rings. The molecular weight excluding hydrogens is 436 g/mol. The number of carbonyl (C=O) groups excluding carboxylic acids is 1. The molecule has 2 aliphatic rings. The summed E-state index contributed by atoms with van der Waals surface area (Å²) in [5.74, 6) is 1.14. The number of hydrogen-bond acceptors (Lipinski definition) is 5. The van der Waals surface area contributed by atoms with E-state index < -0.39 is 5.60 Å². The fourth-order valence-electron chi connectivity index (χ4n) is 5.40. The summed E-state index contributed by atoms with van der Waals surface area (Å²) in [5.41, 5.74) is 0.345. The van der Waals surface area contributed by atoms with Gasteiger partial charge in [0, 0.05) is 37.1 Å². The molecule has 0 spiro atoms. The number of hydrogen-bond donors (Lipinski definition) is 2. The molecule has 4 rings (SSSR count). The maximum absolute atomic E-state index is 13.1. The summed E-state index contributed by atoms with van der Waals surface area (Å²) in [7, 11) is 2.18. The number of aliphatic hydroxyl groups is 1. The Labute approximate surface area is 202 Å². The van der Waals surface area contributed by atoms with E-state index in [-0.39, 0.29) is 12.5 Å². The Morgan fingerprint density at radius 2 is 2.12 bits per heavy atom. The summed E-state index contributed by atoms with van der Waals surface area (Å²) in [5, 5.41) is 15.0. The Morgan fingerprint density at radius 3 is 2.85 bits per heavy atom. The second-order valence-corrected chi connectivity index (χ2v) is 10.8. The molecular formula is C26H37ClN4O2. The van der Waals surface area contributed by atoms with Crippen LogP contribution in [0.3, 0.4) is 0 Å². The third-order valence-corrected chi connectivity index (χ3v) is 7.87. The van der Waals surface area contributed by atoms with Gasteiger partial charge in [0.05, 0.1) is 21.7 Å². The van der Waals surface area contributed by atoms with Gasteiger partial charge in [0.25, 0.3) is 5.91 Å². The molecule has 6 nitrogen and oxygen atoms in total. The molecule has 3 atom stereocenters. The summed E-state index contributed by atoms with van der Waals surface area (Å²) >= 11 is 6.46. The largest absolute Gasteiger partial charge is 0.388 e. The number of likely N-dealkylation sites (N-methyl/N-ethyl adjacent to an activating group) is 1. The lowest BCUT2D eigenvalue weighted by molar-refractivity contribution is -0.0109. The number of pyridine rings is 1. The molecule has 1 aromatic carbocycles. The van der Waals surface area contributed by atoms with Crippen LogP contribution in [0.25, 0.3) is 10.9 Å². The number of nitrogens with one attached hydrogen (secondary N) is 1. The zero-order chi connectivity index (χ0) is 23.8. The van der Waals surface area contributed by atoms with Crippen molar-refractivity contribution in [2.24, 2.45) is 5.92 Å². The van der Waals surface area contributed by atoms with Gasteiger partial charge in [0.2, 0.25) is 0 Å². The van der Waals surface area contributed by atoms with Crippen LogP contribution >= 0.6 is 11.6 Å². The first-order chi connectivity index (χ1) is 15.7. The number of anilines is 1. The number of carbonyl (C=O) groups is 1. The van der Waals surface area contributed by atoms with Gasteiger partial charge >= 0.3 is 0 Å². The minimum Gasteiger partial charge on any atom is -0.388 e. The molecule has 180 valence electrons. The zero-order valence-corrected chi connectivity index (χ0v) is 21.0. The van der Waals surface area contributed by atoms with E-state index in [9.17, 15) is 9.90 Å². The predicted molar refractivity (Wildman–Crippen MR) is 135 cm³/mol. The highest BCUT2D eigenvalue weighted by Crippen LogP contribution is 2.33. The molecule has 2 N–H and O–H groups in total. The van der Waals surface area contributed by atoms with Crippen molar-refractivity contribution in [2.45, 2.75) is 70.6 Å². The summed E-state index contributed by atoms with van der Waals surface area (Å²) < 4.78 is 0. The summed E-state index contributed by atoms with van der Waals surface area (Å²) in [6.45, 7) is 8.76. The van der Waals surface area contributed by atoms with Crippen LogP contribution in [0, 0.1) is 5.92 Å². The highest BCUT2D eigenvalue weighted by molar-refractivity contribution is 6.35. The van der Waals surface area contributed by atoms with Gasteiger partial charge in [0.1, 0.15) is 5.82 Å². The summed E-state index contributed by atoms with van der Waals surface area (Å²) in [6.07, 6.45) is 4.66. The standard InChI is InChI=1S/C26H37ClN4O2/c1-17(2)30(4)19-11-13-31(15-19)23-10-7-20-22(29-23)9-8-21(27)24(20)25(32)28-16-26(33)12-5-6-18(3)14-26/h7-10,17-19,33H,5-6,11-16H2,1-4H3,(H,28,32)/t18-,19?,26-/m0/s1. The van der Waals surface area contributed by atoms with Crippen molar-refractivity contribution in [2.75, 3.05) is 31.6 Å². The molecule has 2 aromatic rings. The average molecular weight is 473 g/mol. The average Bonchev–Trinajstić information content (AvgIpc) is 3.26. The van der Waals surface area contributed by atoms with E-state index in [0.717, 1.165) is 49.1 Å². The Bertz CT molecular complexity index is 1010. The van der Waals surface area contributed by atoms with E-state index in [1.165, 1.54) is 0 Å². The molecule has 1 aliphatic carbocycles. The van der Waals surface area contributed by atoms with Crippen LogP contribution < -0.4 is 10.2 Å². The lowest BCUT2D eigenvalue weighted by Crippen LogP contribution is -2.45. The van der Waals surface area contributed by atoms with E-state index in [1.807, 2.05) is 18.2 Å². The lowest BCUT2D eigenvalue weighted by Gasteiger charge is -2.35. The van der Waals surface area contributed by atoms with Gasteiger partial charge in [-0.05, 0) is 70.3 Å². The van der Waals surface area contributed by atoms with Gasteiger partial charge in [-0.1, -0.05) is 31.4 Å². The molecule has 1 aliphatic heterocycles. The SMILES string of the molecule is CC(C)N(C)C1CCN(c2ccc3c(C(=O)NC[C@]4(O)CCC[C@H](C)C4)c(Cl)ccc3n2)C1. The molecule has 1 unspecified atom stereocenters. The highest BCUT2D eigenvalue weighted by atomic mass is 35.5. The van der Waals surface area contributed by atoms with Crippen molar-refractivity contribution in [1.82, 2.24) is 15.2 Å². The molecule has 1 saturated heterocycles. The number of benzene rings is 1. The molecule has 2 heterocycles. The number of nitrogens with zero attached hydrogens (tertiary/aromatic N) is 3. The van der Waals surface area contributed by atoms with Crippen molar-refractivity contribution in [3.8, 4) is 0 Å². The van der Waals surface area contributed by atoms with Gasteiger partial charge in [-0.15, -0.1) is 0 Å². The third-order valence-electron chi connectivity index (χ3n) is 7.56. The van der Waals surface area contributed by atoms with Gasteiger partial charge < -0.3 is 15.3 Å².